The highest BCUT2D eigenvalue weighted by molar-refractivity contribution is 8.08. The van der Waals surface area contributed by atoms with Gasteiger partial charge in [-0.25, -0.2) is 23.2 Å². The summed E-state index contributed by atoms with van der Waals surface area (Å²) in [6.07, 6.45) is -10.0. The lowest BCUT2D eigenvalue weighted by Gasteiger charge is -2.41. The molecule has 0 saturated carbocycles. The second-order valence-electron chi connectivity index (χ2n) is 9.33. The Morgan fingerprint density at radius 3 is 2.58 bits per heavy atom. The second kappa shape index (κ2) is 13.2. The standard InChI is InChI=1S/C21H28FN3O14P2S2/c1-3-21(34-2)17(30)10(36-18(21)8-6-43-16-11(8)24-7-25-19(16)23)5-35-41(33,42)39-40(31,32)38-20-14(29)12(27)13(28)15(37-20)9(22)4-26/h1,6-7,9-10,12-15,17-18,20,26-30H,4-5H2,2H3,(H,31,32)(H,33,42)(H2,23,24,25)/t9-,10+,12?,13?,14?,15?,17+,18-,20?,21+,41?/m0/s1. The number of anilines is 1. The highest BCUT2D eigenvalue weighted by atomic mass is 32.5. The molecule has 2 aromatic heterocycles. The van der Waals surface area contributed by atoms with Crippen LogP contribution in [-0.2, 0) is 43.9 Å². The first kappa shape index (κ1) is 34.6. The molecule has 12 atom stereocenters. The molecule has 0 aromatic carbocycles. The van der Waals surface area contributed by atoms with Crippen molar-refractivity contribution in [3.63, 3.8) is 0 Å². The van der Waals surface area contributed by atoms with Gasteiger partial charge in [0.15, 0.2) is 18.1 Å². The predicted molar refractivity (Wildman–Crippen MR) is 147 cm³/mol. The minimum Gasteiger partial charge on any atom is -0.393 e. The Morgan fingerprint density at radius 2 is 1.95 bits per heavy atom. The van der Waals surface area contributed by atoms with Gasteiger partial charge in [-0.15, -0.1) is 17.8 Å². The number of nitrogens with two attached hydrogens (primary N) is 1. The molecule has 0 bridgehead atoms. The first-order chi connectivity index (χ1) is 20.1. The fraction of sp³-hybridized carbons (Fsp3) is 0.619. The van der Waals surface area contributed by atoms with Crippen molar-refractivity contribution >= 4 is 53.7 Å². The zero-order chi connectivity index (χ0) is 31.9. The van der Waals surface area contributed by atoms with E-state index in [1.807, 2.05) is 0 Å². The summed E-state index contributed by atoms with van der Waals surface area (Å²) in [5, 5.41) is 51.6. The van der Waals surface area contributed by atoms with Crippen LogP contribution in [0.4, 0.5) is 10.2 Å². The van der Waals surface area contributed by atoms with Crippen LogP contribution in [-0.4, -0.2) is 120 Å². The maximum absolute atomic E-state index is 14.0. The number of ether oxygens (including phenoxy) is 3. The van der Waals surface area contributed by atoms with E-state index < -0.39 is 88.5 Å². The summed E-state index contributed by atoms with van der Waals surface area (Å²) in [5.41, 5.74) is 4.89. The number of halogens is 1. The van der Waals surface area contributed by atoms with Crippen LogP contribution in [0.5, 0.6) is 0 Å². The fourth-order valence-electron chi connectivity index (χ4n) is 4.57. The van der Waals surface area contributed by atoms with Crippen molar-refractivity contribution in [2.45, 2.75) is 60.8 Å². The zero-order valence-corrected chi connectivity index (χ0v) is 25.3. The number of aliphatic hydroxyl groups is 5. The number of terminal acetylenes is 1. The van der Waals surface area contributed by atoms with E-state index in [-0.39, 0.29) is 5.82 Å². The molecule has 4 heterocycles. The molecule has 43 heavy (non-hydrogen) atoms. The molecule has 22 heteroatoms. The van der Waals surface area contributed by atoms with Gasteiger partial charge in [0, 0.05) is 12.7 Å². The Labute approximate surface area is 251 Å². The van der Waals surface area contributed by atoms with E-state index in [1.165, 1.54) is 24.8 Å². The second-order valence-corrected chi connectivity index (χ2v) is 14.6. The van der Waals surface area contributed by atoms with Crippen molar-refractivity contribution in [2.24, 2.45) is 0 Å². The van der Waals surface area contributed by atoms with Gasteiger partial charge in [0.2, 0.25) is 0 Å². The number of nitrogens with zero attached hydrogens (tertiary/aromatic N) is 2. The zero-order valence-electron chi connectivity index (χ0n) is 21.9. The van der Waals surface area contributed by atoms with Crippen LogP contribution >= 0.6 is 25.9 Å². The lowest BCUT2D eigenvalue weighted by atomic mass is 9.88. The minimum absolute atomic E-state index is 0.197. The summed E-state index contributed by atoms with van der Waals surface area (Å²) in [6.45, 7) is -6.64. The lowest BCUT2D eigenvalue weighted by Crippen LogP contribution is -2.60. The van der Waals surface area contributed by atoms with Crippen LogP contribution in [0.15, 0.2) is 11.7 Å². The van der Waals surface area contributed by atoms with Crippen molar-refractivity contribution in [1.29, 1.82) is 0 Å². The number of hydrogen-bond donors (Lipinski definition) is 8. The first-order valence-electron chi connectivity index (χ1n) is 12.1. The van der Waals surface area contributed by atoms with Gasteiger partial charge in [0.05, 0.1) is 23.4 Å². The third kappa shape index (κ3) is 6.79. The monoisotopic (exact) mass is 691 g/mol. The number of phosphoric acid groups is 1. The van der Waals surface area contributed by atoms with Crippen molar-refractivity contribution in [2.75, 3.05) is 26.1 Å². The molecule has 0 spiro atoms. The Kier molecular flexibility index (Phi) is 10.6. The molecular formula is C21H28FN3O14P2S2. The number of nitrogen functional groups attached to an aromatic ring is 1. The molecule has 7 unspecified atom stereocenters. The normalized spacial score (nSPS) is 36.6. The van der Waals surface area contributed by atoms with Crippen molar-refractivity contribution in [1.82, 2.24) is 9.97 Å². The van der Waals surface area contributed by atoms with Gasteiger partial charge < -0.3 is 59.8 Å². The molecule has 2 aliphatic heterocycles. The SMILES string of the molecule is C#C[C@@]1(OC)[C@H](O)[C@@H](COP(O)(=S)OP(=O)(O)OC2OC([C@@H](F)CO)C(O)C(O)C2O)O[C@H]1c1csc2c(N)ncnc12. The molecule has 0 amide bonds. The third-order valence-electron chi connectivity index (χ3n) is 6.73. The average Bonchev–Trinajstić information content (AvgIpc) is 3.50. The maximum Gasteiger partial charge on any atom is 0.481 e. The molecule has 2 aromatic rings. The summed E-state index contributed by atoms with van der Waals surface area (Å²) in [4.78, 5) is 28.8. The average molecular weight is 692 g/mol. The molecule has 4 rings (SSSR count). The molecule has 17 nitrogen and oxygen atoms in total. The van der Waals surface area contributed by atoms with E-state index in [0.717, 1.165) is 0 Å². The summed E-state index contributed by atoms with van der Waals surface area (Å²) in [7, 11) is -4.28. The number of thiophene rings is 1. The van der Waals surface area contributed by atoms with Crippen molar-refractivity contribution in [3.8, 4) is 12.3 Å². The Balaban J connectivity index is 1.46. The number of phosphoric ester groups is 1. The van der Waals surface area contributed by atoms with Gasteiger partial charge in [-0.05, 0) is 17.2 Å². The van der Waals surface area contributed by atoms with E-state index >= 15 is 0 Å². The number of hydrogen-bond acceptors (Lipinski definition) is 17. The van der Waals surface area contributed by atoms with Gasteiger partial charge in [0.25, 0.3) is 0 Å². The predicted octanol–water partition coefficient (Wildman–Crippen LogP) is -1.40. The number of rotatable bonds is 11. The van der Waals surface area contributed by atoms with E-state index in [1.54, 1.807) is 5.38 Å². The lowest BCUT2D eigenvalue weighted by molar-refractivity contribution is -0.287. The van der Waals surface area contributed by atoms with Gasteiger partial charge in [-0.2, -0.15) is 0 Å². The highest BCUT2D eigenvalue weighted by Crippen LogP contribution is 2.62. The molecule has 240 valence electrons. The number of methoxy groups -OCH3 is 1. The Bertz CT molecular complexity index is 1450. The molecule has 0 radical (unpaired) electrons. The quantitative estimate of drug-likeness (QED) is 0.0994. The topological polar surface area (TPSA) is 266 Å². The van der Waals surface area contributed by atoms with Crippen LogP contribution in [0.2, 0.25) is 0 Å². The smallest absolute Gasteiger partial charge is 0.393 e. The third-order valence-corrected chi connectivity index (χ3v) is 11.3. The van der Waals surface area contributed by atoms with Crippen LogP contribution in [0.1, 0.15) is 11.7 Å². The summed E-state index contributed by atoms with van der Waals surface area (Å²) in [5.74, 6) is 2.57. The van der Waals surface area contributed by atoms with Gasteiger partial charge in [0.1, 0.15) is 54.9 Å². The van der Waals surface area contributed by atoms with Gasteiger partial charge in [-0.1, -0.05) is 5.92 Å². The molecule has 0 aliphatic carbocycles. The van der Waals surface area contributed by atoms with Crippen LogP contribution in [0, 0.1) is 12.3 Å². The number of aliphatic hydroxyl groups excluding tert-OH is 5. The Hall–Kier alpha value is -1.31. The van der Waals surface area contributed by atoms with Gasteiger partial charge >= 0.3 is 14.5 Å². The van der Waals surface area contributed by atoms with E-state index in [0.29, 0.717) is 15.8 Å². The van der Waals surface area contributed by atoms with Crippen molar-refractivity contribution < 1.29 is 71.8 Å². The summed E-state index contributed by atoms with van der Waals surface area (Å²) < 4.78 is 57.7. The largest absolute Gasteiger partial charge is 0.481 e. The van der Waals surface area contributed by atoms with E-state index in [2.05, 4.69) is 24.7 Å². The number of fused-ring (bicyclic) bond motifs is 1. The first-order valence-corrected chi connectivity index (χ1v) is 17.1. The molecule has 2 saturated heterocycles. The van der Waals surface area contributed by atoms with Crippen LogP contribution < -0.4 is 5.73 Å². The van der Waals surface area contributed by atoms with Gasteiger partial charge in [-0.3, -0.25) is 4.52 Å². The highest BCUT2D eigenvalue weighted by Gasteiger charge is 2.58. The molecule has 9 N–H and O–H groups in total. The van der Waals surface area contributed by atoms with Crippen LogP contribution in [0.25, 0.3) is 10.2 Å². The van der Waals surface area contributed by atoms with E-state index in [9.17, 15) is 39.2 Å². The Morgan fingerprint density at radius 1 is 1.26 bits per heavy atom. The fourth-order valence-corrected chi connectivity index (χ4v) is 8.61. The molecule has 2 aliphatic rings. The minimum atomic E-state index is -5.51. The van der Waals surface area contributed by atoms with Crippen LogP contribution in [0.3, 0.4) is 0 Å². The summed E-state index contributed by atoms with van der Waals surface area (Å²) in [6, 6.07) is 0. The molecular weight excluding hydrogens is 663 g/mol. The number of alkyl halides is 1. The number of aromatic nitrogens is 2. The van der Waals surface area contributed by atoms with E-state index in [4.69, 9.17) is 47.8 Å². The summed E-state index contributed by atoms with van der Waals surface area (Å²) >= 11 is 5.97. The van der Waals surface area contributed by atoms with Crippen molar-refractivity contribution in [3.05, 3.63) is 17.3 Å². The maximum atomic E-state index is 14.0. The molecule has 2 fully saturated rings.